The van der Waals surface area contributed by atoms with E-state index in [9.17, 15) is 4.79 Å². The van der Waals surface area contributed by atoms with E-state index in [1.807, 2.05) is 30.3 Å². The Hall–Kier alpha value is -2.04. The average molecular weight is 345 g/mol. The van der Waals surface area contributed by atoms with Crippen LogP contribution >= 0.6 is 11.6 Å². The van der Waals surface area contributed by atoms with Crippen molar-refractivity contribution in [3.63, 3.8) is 0 Å². The average Bonchev–Trinajstić information content (AvgIpc) is 3.02. The fourth-order valence-electron chi connectivity index (χ4n) is 2.96. The Kier molecular flexibility index (Phi) is 5.38. The van der Waals surface area contributed by atoms with Crippen LogP contribution in [0.4, 0.5) is 0 Å². The maximum Gasteiger partial charge on any atom is 0.264 e. The van der Waals surface area contributed by atoms with Crippen LogP contribution in [0.15, 0.2) is 48.5 Å². The van der Waals surface area contributed by atoms with Crippen molar-refractivity contribution in [2.24, 2.45) is 5.73 Å². The summed E-state index contributed by atoms with van der Waals surface area (Å²) in [6.07, 6.45) is 0.875. The van der Waals surface area contributed by atoms with Gasteiger partial charge in [0.05, 0.1) is 0 Å². The van der Waals surface area contributed by atoms with Crippen LogP contribution in [-0.4, -0.2) is 36.5 Å². The molecule has 0 spiro atoms. The topological polar surface area (TPSA) is 55.6 Å². The Morgan fingerprint density at radius 3 is 2.75 bits per heavy atom. The first-order valence-corrected chi connectivity index (χ1v) is 8.53. The molecule has 1 amide bonds. The third-order valence-electron chi connectivity index (χ3n) is 4.20. The molecule has 1 heterocycles. The Morgan fingerprint density at radius 2 is 2.00 bits per heavy atom. The van der Waals surface area contributed by atoms with E-state index in [1.165, 1.54) is 5.56 Å². The summed E-state index contributed by atoms with van der Waals surface area (Å²) in [4.78, 5) is 14.6. The highest BCUT2D eigenvalue weighted by Gasteiger charge is 2.32. The molecule has 0 saturated carbocycles. The lowest BCUT2D eigenvalue weighted by atomic mass is 10.1. The molecule has 0 fully saturated rings. The van der Waals surface area contributed by atoms with Gasteiger partial charge in [-0.2, -0.15) is 0 Å². The molecule has 24 heavy (non-hydrogen) atoms. The van der Waals surface area contributed by atoms with Crippen molar-refractivity contribution in [1.82, 2.24) is 4.90 Å². The van der Waals surface area contributed by atoms with Gasteiger partial charge in [-0.1, -0.05) is 41.9 Å². The van der Waals surface area contributed by atoms with Crippen LogP contribution in [-0.2, 0) is 17.6 Å². The Labute approximate surface area is 147 Å². The number of carbonyl (C=O) groups is 1. The predicted molar refractivity (Wildman–Crippen MR) is 95.4 cm³/mol. The molecule has 0 bridgehead atoms. The number of rotatable bonds is 6. The van der Waals surface area contributed by atoms with Crippen LogP contribution in [0, 0.1) is 0 Å². The first-order valence-electron chi connectivity index (χ1n) is 8.15. The molecule has 1 unspecified atom stereocenters. The molecule has 5 heteroatoms. The molecular formula is C19H21ClN2O2. The highest BCUT2D eigenvalue weighted by Crippen LogP contribution is 2.31. The first kappa shape index (κ1) is 16.8. The van der Waals surface area contributed by atoms with E-state index in [1.54, 1.807) is 11.0 Å². The highest BCUT2D eigenvalue weighted by molar-refractivity contribution is 6.30. The zero-order valence-corrected chi connectivity index (χ0v) is 14.2. The van der Waals surface area contributed by atoms with Gasteiger partial charge in [0, 0.05) is 31.1 Å². The van der Waals surface area contributed by atoms with Gasteiger partial charge in [-0.25, -0.2) is 0 Å². The summed E-state index contributed by atoms with van der Waals surface area (Å²) in [6, 6.07) is 15.6. The third-order valence-corrected chi connectivity index (χ3v) is 4.43. The van der Waals surface area contributed by atoms with Gasteiger partial charge in [0.25, 0.3) is 5.91 Å². The van der Waals surface area contributed by atoms with E-state index >= 15 is 0 Å². The molecule has 3 rings (SSSR count). The second-order valence-corrected chi connectivity index (χ2v) is 6.35. The van der Waals surface area contributed by atoms with Crippen LogP contribution in [0.2, 0.25) is 5.02 Å². The maximum atomic E-state index is 12.8. The van der Waals surface area contributed by atoms with Crippen molar-refractivity contribution < 1.29 is 9.53 Å². The normalized spacial score (nSPS) is 15.7. The molecule has 1 aliphatic rings. The third kappa shape index (κ3) is 3.89. The van der Waals surface area contributed by atoms with Crippen LogP contribution in [0.3, 0.4) is 0 Å². The number of amides is 1. The lowest BCUT2D eigenvalue weighted by Crippen LogP contribution is -2.44. The molecular weight excluding hydrogens is 324 g/mol. The minimum Gasteiger partial charge on any atom is -0.480 e. The minimum absolute atomic E-state index is 0.0105. The van der Waals surface area contributed by atoms with Gasteiger partial charge in [0.1, 0.15) is 5.75 Å². The van der Waals surface area contributed by atoms with Crippen molar-refractivity contribution in [2.45, 2.75) is 18.9 Å². The number of benzene rings is 2. The van der Waals surface area contributed by atoms with Crippen LogP contribution < -0.4 is 10.5 Å². The zero-order valence-electron chi connectivity index (χ0n) is 13.5. The molecule has 4 nitrogen and oxygen atoms in total. The van der Waals surface area contributed by atoms with E-state index in [-0.39, 0.29) is 5.91 Å². The van der Waals surface area contributed by atoms with Crippen molar-refractivity contribution >= 4 is 17.5 Å². The monoisotopic (exact) mass is 344 g/mol. The van der Waals surface area contributed by atoms with Gasteiger partial charge in [0.15, 0.2) is 6.10 Å². The summed E-state index contributed by atoms with van der Waals surface area (Å²) < 4.78 is 5.81. The van der Waals surface area contributed by atoms with Crippen molar-refractivity contribution in [1.29, 1.82) is 0 Å². The molecule has 2 aromatic rings. The van der Waals surface area contributed by atoms with Gasteiger partial charge in [0.2, 0.25) is 0 Å². The summed E-state index contributed by atoms with van der Waals surface area (Å²) in [5, 5.41) is 0.661. The number of ether oxygens (including phenoxy) is 1. The molecule has 0 aliphatic carbocycles. The number of nitrogens with two attached hydrogens (primary N) is 1. The van der Waals surface area contributed by atoms with E-state index in [0.29, 0.717) is 31.1 Å². The van der Waals surface area contributed by atoms with Crippen LogP contribution in [0.25, 0.3) is 0 Å². The SMILES string of the molecule is NCCN(CCc1ccccc1)C(=O)C1Cc2cc(Cl)ccc2O1. The maximum absolute atomic E-state index is 12.8. The largest absolute Gasteiger partial charge is 0.480 e. The van der Waals surface area contributed by atoms with Crippen LogP contribution in [0.5, 0.6) is 5.75 Å². The molecule has 0 aromatic heterocycles. The summed E-state index contributed by atoms with van der Waals surface area (Å²) >= 11 is 6.01. The quantitative estimate of drug-likeness (QED) is 0.876. The molecule has 2 N–H and O–H groups in total. The molecule has 0 saturated heterocycles. The lowest BCUT2D eigenvalue weighted by Gasteiger charge is -2.25. The summed E-state index contributed by atoms with van der Waals surface area (Å²) in [7, 11) is 0. The molecule has 1 atom stereocenters. The summed E-state index contributed by atoms with van der Waals surface area (Å²) in [6.45, 7) is 1.60. The number of nitrogens with zero attached hydrogens (tertiary/aromatic N) is 1. The van der Waals surface area contributed by atoms with Crippen molar-refractivity contribution in [3.8, 4) is 5.75 Å². The van der Waals surface area contributed by atoms with Gasteiger partial charge < -0.3 is 15.4 Å². The second-order valence-electron chi connectivity index (χ2n) is 5.91. The van der Waals surface area contributed by atoms with Gasteiger partial charge >= 0.3 is 0 Å². The van der Waals surface area contributed by atoms with Gasteiger partial charge in [-0.15, -0.1) is 0 Å². The number of hydrogen-bond acceptors (Lipinski definition) is 3. The number of fused-ring (bicyclic) bond motifs is 1. The zero-order chi connectivity index (χ0) is 16.9. The van der Waals surface area contributed by atoms with E-state index in [4.69, 9.17) is 22.1 Å². The smallest absolute Gasteiger partial charge is 0.264 e. The highest BCUT2D eigenvalue weighted by atomic mass is 35.5. The second kappa shape index (κ2) is 7.69. The van der Waals surface area contributed by atoms with E-state index in [0.717, 1.165) is 17.7 Å². The number of halogens is 1. The Balaban J connectivity index is 1.64. The number of carbonyl (C=O) groups excluding carboxylic acids is 1. The Bertz CT molecular complexity index is 706. The van der Waals surface area contributed by atoms with Gasteiger partial charge in [-0.05, 0) is 35.7 Å². The standard InChI is InChI=1S/C19H21ClN2O2/c20-16-6-7-17-15(12-16)13-18(24-17)19(23)22(11-9-21)10-8-14-4-2-1-3-5-14/h1-7,12,18H,8-11,13,21H2. The fourth-order valence-corrected chi connectivity index (χ4v) is 3.15. The number of hydrogen-bond donors (Lipinski definition) is 1. The fraction of sp³-hybridized carbons (Fsp3) is 0.316. The van der Waals surface area contributed by atoms with Crippen molar-refractivity contribution in [2.75, 3.05) is 19.6 Å². The molecule has 1 aliphatic heterocycles. The predicted octanol–water partition coefficient (Wildman–Crippen LogP) is 2.67. The van der Waals surface area contributed by atoms with Crippen molar-refractivity contribution in [3.05, 3.63) is 64.7 Å². The summed E-state index contributed by atoms with van der Waals surface area (Å²) in [5.41, 5.74) is 7.87. The molecule has 2 aromatic carbocycles. The van der Waals surface area contributed by atoms with Crippen LogP contribution in [0.1, 0.15) is 11.1 Å². The minimum atomic E-state index is -0.485. The Morgan fingerprint density at radius 1 is 1.21 bits per heavy atom. The van der Waals surface area contributed by atoms with E-state index in [2.05, 4.69) is 12.1 Å². The summed E-state index contributed by atoms with van der Waals surface area (Å²) in [5.74, 6) is 0.734. The first-order chi connectivity index (χ1) is 11.7. The van der Waals surface area contributed by atoms with E-state index < -0.39 is 6.10 Å². The molecule has 0 radical (unpaired) electrons. The van der Waals surface area contributed by atoms with Gasteiger partial charge in [-0.3, -0.25) is 4.79 Å². The lowest BCUT2D eigenvalue weighted by molar-refractivity contribution is -0.137. The molecule has 126 valence electrons.